The molecule has 0 radical (unpaired) electrons. The van der Waals surface area contributed by atoms with Crippen LogP contribution in [0.25, 0.3) is 0 Å². The molecule has 0 bridgehead atoms. The number of carbonyl (C=O) groups excluding carboxylic acids is 1. The van der Waals surface area contributed by atoms with Crippen molar-refractivity contribution < 1.29 is 28.2 Å². The zero-order valence-corrected chi connectivity index (χ0v) is 12.3. The number of carbonyl (C=O) groups is 1. The highest BCUT2D eigenvalue weighted by atomic mass is 32.2. The molecule has 1 heterocycles. The number of aliphatic hydroxyl groups is 2. The first kappa shape index (κ1) is 15.9. The Kier molecular flexibility index (Phi) is 4.62. The van der Waals surface area contributed by atoms with E-state index in [-0.39, 0.29) is 24.4 Å². The van der Waals surface area contributed by atoms with Crippen LogP contribution in [-0.2, 0) is 20.5 Å². The molecule has 0 aromatic heterocycles. The molecule has 1 aromatic carbocycles. The second kappa shape index (κ2) is 6.10. The summed E-state index contributed by atoms with van der Waals surface area (Å²) in [6.45, 7) is -0.250. The van der Waals surface area contributed by atoms with Gasteiger partial charge in [-0.3, -0.25) is 0 Å². The van der Waals surface area contributed by atoms with E-state index in [0.29, 0.717) is 5.56 Å². The van der Waals surface area contributed by atoms with Gasteiger partial charge in [0.2, 0.25) is 10.0 Å². The maximum absolute atomic E-state index is 12.2. The number of benzene rings is 1. The lowest BCUT2D eigenvalue weighted by Gasteiger charge is -2.15. The predicted molar refractivity (Wildman–Crippen MR) is 74.0 cm³/mol. The third-order valence-corrected chi connectivity index (χ3v) is 5.10. The third kappa shape index (κ3) is 3.59. The number of nitrogens with zero attached hydrogens (tertiary/aromatic N) is 1. The van der Waals surface area contributed by atoms with Gasteiger partial charge < -0.3 is 14.9 Å². The van der Waals surface area contributed by atoms with Crippen LogP contribution < -0.4 is 0 Å². The summed E-state index contributed by atoms with van der Waals surface area (Å²) in [5.74, 6) is -0.849. The summed E-state index contributed by atoms with van der Waals surface area (Å²) in [4.78, 5) is 11.4. The molecule has 1 aliphatic heterocycles. The van der Waals surface area contributed by atoms with Crippen LogP contribution >= 0.6 is 0 Å². The Labute approximate surface area is 122 Å². The molecule has 7 nitrogen and oxygen atoms in total. The van der Waals surface area contributed by atoms with E-state index in [1.165, 1.54) is 19.2 Å². The van der Waals surface area contributed by atoms with Crippen molar-refractivity contribution in [2.75, 3.05) is 20.2 Å². The van der Waals surface area contributed by atoms with Gasteiger partial charge in [-0.05, 0) is 17.7 Å². The Morgan fingerprint density at radius 1 is 1.33 bits per heavy atom. The lowest BCUT2D eigenvalue weighted by Crippen LogP contribution is -2.31. The number of hydrogen-bond donors (Lipinski definition) is 2. The third-order valence-electron chi connectivity index (χ3n) is 3.32. The molecule has 2 rings (SSSR count). The monoisotopic (exact) mass is 315 g/mol. The Morgan fingerprint density at radius 3 is 2.52 bits per heavy atom. The van der Waals surface area contributed by atoms with Crippen molar-refractivity contribution >= 4 is 16.0 Å². The molecule has 0 amide bonds. The molecule has 2 atom stereocenters. The van der Waals surface area contributed by atoms with Gasteiger partial charge in [-0.25, -0.2) is 13.2 Å². The number of esters is 1. The number of aliphatic hydroxyl groups excluding tert-OH is 2. The molecular formula is C13H17NO6S. The molecule has 116 valence electrons. The van der Waals surface area contributed by atoms with Crippen LogP contribution in [0, 0.1) is 0 Å². The number of ether oxygens (including phenoxy) is 1. The summed E-state index contributed by atoms with van der Waals surface area (Å²) in [5.41, 5.74) is 0.709. The molecule has 1 saturated heterocycles. The quantitative estimate of drug-likeness (QED) is 0.715. The van der Waals surface area contributed by atoms with E-state index in [4.69, 9.17) is 0 Å². The van der Waals surface area contributed by atoms with Crippen LogP contribution in [0.5, 0.6) is 0 Å². The van der Waals surface area contributed by atoms with Crippen LogP contribution in [0.3, 0.4) is 0 Å². The largest absolute Gasteiger partial charge is 0.465 e. The first-order chi connectivity index (χ1) is 9.83. The fraction of sp³-hybridized carbons (Fsp3) is 0.462. The van der Waals surface area contributed by atoms with E-state index in [1.807, 2.05) is 0 Å². The minimum absolute atomic E-state index is 0.125. The highest BCUT2D eigenvalue weighted by Crippen LogP contribution is 2.19. The normalized spacial score (nSPS) is 23.2. The second-order valence-electron chi connectivity index (χ2n) is 4.90. The van der Waals surface area contributed by atoms with Gasteiger partial charge in [0, 0.05) is 13.1 Å². The lowest BCUT2D eigenvalue weighted by molar-refractivity contribution is 0.0572. The van der Waals surface area contributed by atoms with Gasteiger partial charge >= 0.3 is 5.97 Å². The molecule has 0 spiro atoms. The Morgan fingerprint density at radius 2 is 1.95 bits per heavy atom. The van der Waals surface area contributed by atoms with Crippen molar-refractivity contribution in [3.8, 4) is 0 Å². The summed E-state index contributed by atoms with van der Waals surface area (Å²) in [5, 5.41) is 18.9. The maximum atomic E-state index is 12.2. The first-order valence-electron chi connectivity index (χ1n) is 6.34. The second-order valence-corrected chi connectivity index (χ2v) is 6.87. The zero-order chi connectivity index (χ0) is 15.6. The number of hydrogen-bond acceptors (Lipinski definition) is 6. The molecule has 8 heteroatoms. The Balaban J connectivity index is 2.16. The fourth-order valence-electron chi connectivity index (χ4n) is 2.17. The van der Waals surface area contributed by atoms with Crippen molar-refractivity contribution in [1.29, 1.82) is 0 Å². The van der Waals surface area contributed by atoms with E-state index in [0.717, 1.165) is 4.31 Å². The van der Waals surface area contributed by atoms with Gasteiger partial charge in [-0.1, -0.05) is 12.1 Å². The van der Waals surface area contributed by atoms with E-state index in [1.54, 1.807) is 12.1 Å². The highest BCUT2D eigenvalue weighted by molar-refractivity contribution is 7.88. The molecular weight excluding hydrogens is 298 g/mol. The topological polar surface area (TPSA) is 104 Å². The first-order valence-corrected chi connectivity index (χ1v) is 7.95. The van der Waals surface area contributed by atoms with Gasteiger partial charge in [0.25, 0.3) is 0 Å². The molecule has 0 aliphatic carbocycles. The number of β-amino-alcohol motifs (C(OH)–C–C–N with tert-alkyl or cyclic N) is 2. The van der Waals surface area contributed by atoms with Crippen molar-refractivity contribution in [3.05, 3.63) is 35.4 Å². The van der Waals surface area contributed by atoms with Gasteiger partial charge in [0.1, 0.15) is 0 Å². The Hall–Kier alpha value is -1.48. The minimum Gasteiger partial charge on any atom is -0.465 e. The SMILES string of the molecule is COC(=O)c1cccc(CS(=O)(=O)N2C[C@@H](O)[C@@H](O)C2)c1. The van der Waals surface area contributed by atoms with Crippen molar-refractivity contribution in [3.63, 3.8) is 0 Å². The summed E-state index contributed by atoms with van der Waals surface area (Å²) in [6, 6.07) is 6.15. The predicted octanol–water partition coefficient (Wildman–Crippen LogP) is -0.660. The van der Waals surface area contributed by atoms with Crippen molar-refractivity contribution in [2.24, 2.45) is 0 Å². The number of methoxy groups -OCH3 is 1. The van der Waals surface area contributed by atoms with Crippen LogP contribution in [-0.4, -0.2) is 61.3 Å². The average molecular weight is 315 g/mol. The lowest BCUT2D eigenvalue weighted by atomic mass is 10.1. The average Bonchev–Trinajstić information content (AvgIpc) is 2.78. The standard InChI is InChI=1S/C13H17NO6S/c1-20-13(17)10-4-2-3-9(5-10)8-21(18,19)14-6-11(15)12(16)7-14/h2-5,11-12,15-16H,6-8H2,1H3/t11-,12+. The van der Waals surface area contributed by atoms with E-state index < -0.39 is 28.2 Å². The van der Waals surface area contributed by atoms with Gasteiger partial charge in [-0.15, -0.1) is 0 Å². The Bertz CT molecular complexity index is 619. The van der Waals surface area contributed by atoms with E-state index >= 15 is 0 Å². The van der Waals surface area contributed by atoms with Gasteiger partial charge in [0.05, 0.1) is 30.6 Å². The molecule has 1 aliphatic rings. The van der Waals surface area contributed by atoms with E-state index in [9.17, 15) is 23.4 Å². The molecule has 2 N–H and O–H groups in total. The number of sulfonamides is 1. The van der Waals surface area contributed by atoms with E-state index in [2.05, 4.69) is 4.74 Å². The van der Waals surface area contributed by atoms with Crippen LogP contribution in [0.1, 0.15) is 15.9 Å². The van der Waals surface area contributed by atoms with Crippen LogP contribution in [0.15, 0.2) is 24.3 Å². The summed E-state index contributed by atoms with van der Waals surface area (Å²) in [7, 11) is -2.42. The van der Waals surface area contributed by atoms with Crippen LogP contribution in [0.2, 0.25) is 0 Å². The van der Waals surface area contributed by atoms with Gasteiger partial charge in [-0.2, -0.15) is 4.31 Å². The molecule has 0 unspecified atom stereocenters. The molecule has 0 saturated carbocycles. The van der Waals surface area contributed by atoms with Crippen molar-refractivity contribution in [2.45, 2.75) is 18.0 Å². The fourth-order valence-corrected chi connectivity index (χ4v) is 3.71. The molecule has 21 heavy (non-hydrogen) atoms. The summed E-state index contributed by atoms with van der Waals surface area (Å²) in [6.07, 6.45) is -2.14. The van der Waals surface area contributed by atoms with Gasteiger partial charge in [0.15, 0.2) is 0 Å². The highest BCUT2D eigenvalue weighted by Gasteiger charge is 2.36. The smallest absolute Gasteiger partial charge is 0.337 e. The summed E-state index contributed by atoms with van der Waals surface area (Å²) >= 11 is 0. The minimum atomic E-state index is -3.67. The van der Waals surface area contributed by atoms with Crippen LogP contribution in [0.4, 0.5) is 0 Å². The zero-order valence-electron chi connectivity index (χ0n) is 11.5. The molecule has 1 aromatic rings. The molecule has 1 fully saturated rings. The number of rotatable bonds is 4. The summed E-state index contributed by atoms with van der Waals surface area (Å²) < 4.78 is 30.1. The maximum Gasteiger partial charge on any atom is 0.337 e. The van der Waals surface area contributed by atoms with Crippen molar-refractivity contribution in [1.82, 2.24) is 4.31 Å².